The van der Waals surface area contributed by atoms with Crippen LogP contribution in [0, 0.1) is 0 Å². The number of halogens is 2. The van der Waals surface area contributed by atoms with Crippen LogP contribution >= 0.6 is 23.2 Å². The van der Waals surface area contributed by atoms with Gasteiger partial charge in [0.25, 0.3) is 10.5 Å². The van der Waals surface area contributed by atoms with Gasteiger partial charge in [0.05, 0.1) is 0 Å². The Morgan fingerprint density at radius 2 is 1.12 bits per heavy atom. The Morgan fingerprint density at radius 1 is 0.750 bits per heavy atom. The molecule has 0 unspecified atom stereocenters. The largest absolute Gasteiger partial charge is 0.276 e. The van der Waals surface area contributed by atoms with Gasteiger partial charge in [0.2, 0.25) is 0 Å². The van der Waals surface area contributed by atoms with Crippen molar-refractivity contribution in [2.24, 2.45) is 0 Å². The molecule has 0 radical (unpaired) electrons. The molecule has 2 nitrogen and oxygen atoms in total. The predicted molar refractivity (Wildman–Crippen MR) is 64.3 cm³/mol. The van der Waals surface area contributed by atoms with Crippen LogP contribution in [-0.4, -0.2) is 10.5 Å². The van der Waals surface area contributed by atoms with E-state index in [9.17, 15) is 9.59 Å². The third-order valence-electron chi connectivity index (χ3n) is 2.35. The zero-order valence-electron chi connectivity index (χ0n) is 8.04. The zero-order chi connectivity index (χ0) is 11.7. The second-order valence-electron chi connectivity index (χ2n) is 3.25. The van der Waals surface area contributed by atoms with Gasteiger partial charge in [0, 0.05) is 11.1 Å². The number of rotatable bonds is 2. The molecule has 0 aromatic heterocycles. The number of carbonyl (C=O) groups excluding carboxylic acids is 2. The Balaban J connectivity index is 2.86. The molecule has 80 valence electrons. The second kappa shape index (κ2) is 4.24. The summed E-state index contributed by atoms with van der Waals surface area (Å²) in [7, 11) is 0. The van der Waals surface area contributed by atoms with Gasteiger partial charge in [-0.3, -0.25) is 9.59 Å². The highest BCUT2D eigenvalue weighted by molar-refractivity contribution is 6.69. The number of hydrogen-bond acceptors (Lipinski definition) is 2. The van der Waals surface area contributed by atoms with Crippen LogP contribution in [-0.2, 0) is 0 Å². The van der Waals surface area contributed by atoms with Crippen LogP contribution in [0.15, 0.2) is 36.4 Å². The normalized spacial score (nSPS) is 10.4. The third-order valence-corrected chi connectivity index (χ3v) is 2.75. The standard InChI is InChI=1S/C12H6Cl2O2/c13-11(15)9-5-1-3-7-8(9)4-2-6-10(7)12(14)16/h1-6H. The first-order chi connectivity index (χ1) is 7.61. The molecule has 0 aliphatic heterocycles. The summed E-state index contributed by atoms with van der Waals surface area (Å²) in [5.41, 5.74) is 0.748. The average molecular weight is 253 g/mol. The van der Waals surface area contributed by atoms with Gasteiger partial charge in [-0.25, -0.2) is 0 Å². The van der Waals surface area contributed by atoms with Gasteiger partial charge in [-0.05, 0) is 46.1 Å². The van der Waals surface area contributed by atoms with E-state index in [0.717, 1.165) is 0 Å². The van der Waals surface area contributed by atoms with Crippen LogP contribution in [0.1, 0.15) is 20.7 Å². The van der Waals surface area contributed by atoms with Crippen molar-refractivity contribution < 1.29 is 9.59 Å². The fourth-order valence-corrected chi connectivity index (χ4v) is 1.98. The molecule has 0 fully saturated rings. The van der Waals surface area contributed by atoms with Gasteiger partial charge in [-0.1, -0.05) is 24.3 Å². The molecule has 0 spiro atoms. The second-order valence-corrected chi connectivity index (χ2v) is 3.94. The van der Waals surface area contributed by atoms with E-state index in [2.05, 4.69) is 0 Å². The molecule has 0 heterocycles. The molecular weight excluding hydrogens is 247 g/mol. The fraction of sp³-hybridized carbons (Fsp3) is 0. The molecule has 0 atom stereocenters. The van der Waals surface area contributed by atoms with Crippen LogP contribution in [0.5, 0.6) is 0 Å². The molecule has 2 rings (SSSR count). The number of benzene rings is 2. The van der Waals surface area contributed by atoms with E-state index in [4.69, 9.17) is 23.2 Å². The predicted octanol–water partition coefficient (Wildman–Crippen LogP) is 3.60. The van der Waals surface area contributed by atoms with Crippen molar-refractivity contribution in [1.82, 2.24) is 0 Å². The smallest absolute Gasteiger partial charge is 0.253 e. The van der Waals surface area contributed by atoms with Gasteiger partial charge in [0.1, 0.15) is 0 Å². The van der Waals surface area contributed by atoms with E-state index < -0.39 is 10.5 Å². The Kier molecular flexibility index (Phi) is 2.95. The maximum absolute atomic E-state index is 11.2. The van der Waals surface area contributed by atoms with E-state index in [1.165, 1.54) is 0 Å². The summed E-state index contributed by atoms with van der Waals surface area (Å²) in [6.07, 6.45) is 0. The lowest BCUT2D eigenvalue weighted by Gasteiger charge is -2.04. The van der Waals surface area contributed by atoms with Gasteiger partial charge in [0.15, 0.2) is 0 Å². The van der Waals surface area contributed by atoms with Crippen LogP contribution in [0.25, 0.3) is 10.8 Å². The highest BCUT2D eigenvalue weighted by Gasteiger charge is 2.11. The van der Waals surface area contributed by atoms with Crippen molar-refractivity contribution in [3.8, 4) is 0 Å². The first-order valence-electron chi connectivity index (χ1n) is 4.52. The van der Waals surface area contributed by atoms with Gasteiger partial charge >= 0.3 is 0 Å². The molecule has 0 bridgehead atoms. The lowest BCUT2D eigenvalue weighted by atomic mass is 10.0. The Bertz CT molecular complexity index is 537. The molecule has 4 heteroatoms. The number of carbonyl (C=O) groups is 2. The Labute approximate surface area is 102 Å². The topological polar surface area (TPSA) is 34.1 Å². The van der Waals surface area contributed by atoms with Crippen molar-refractivity contribution in [1.29, 1.82) is 0 Å². The Hall–Kier alpha value is -1.38. The molecule has 0 aliphatic rings. The van der Waals surface area contributed by atoms with Gasteiger partial charge in [-0.2, -0.15) is 0 Å². The number of fused-ring (bicyclic) bond motifs is 1. The molecule has 0 N–H and O–H groups in total. The molecule has 2 aromatic rings. The Morgan fingerprint density at radius 3 is 1.44 bits per heavy atom. The first kappa shape index (κ1) is 11.1. The van der Waals surface area contributed by atoms with Crippen molar-refractivity contribution in [2.45, 2.75) is 0 Å². The van der Waals surface area contributed by atoms with Gasteiger partial charge in [-0.15, -0.1) is 0 Å². The molecule has 0 amide bonds. The summed E-state index contributed by atoms with van der Waals surface area (Å²) in [6, 6.07) is 10.0. The van der Waals surface area contributed by atoms with Crippen molar-refractivity contribution in [3.05, 3.63) is 47.5 Å². The van der Waals surface area contributed by atoms with E-state index in [-0.39, 0.29) is 0 Å². The number of hydrogen-bond donors (Lipinski definition) is 0. The molecule has 0 saturated carbocycles. The zero-order valence-corrected chi connectivity index (χ0v) is 9.55. The first-order valence-corrected chi connectivity index (χ1v) is 5.28. The minimum atomic E-state index is -0.551. The summed E-state index contributed by atoms with van der Waals surface area (Å²) in [6.45, 7) is 0. The minimum Gasteiger partial charge on any atom is -0.276 e. The van der Waals surface area contributed by atoms with Crippen LogP contribution < -0.4 is 0 Å². The lowest BCUT2D eigenvalue weighted by molar-refractivity contribution is 0.107. The van der Waals surface area contributed by atoms with E-state index in [1.807, 2.05) is 0 Å². The summed E-state index contributed by atoms with van der Waals surface area (Å²) in [5.74, 6) is 0. The summed E-state index contributed by atoms with van der Waals surface area (Å²) < 4.78 is 0. The molecule has 0 aliphatic carbocycles. The lowest BCUT2D eigenvalue weighted by Crippen LogP contribution is -1.95. The SMILES string of the molecule is O=C(Cl)c1cccc2c(C(=O)Cl)cccc12. The molecule has 0 saturated heterocycles. The maximum Gasteiger partial charge on any atom is 0.253 e. The maximum atomic E-state index is 11.2. The molecule has 2 aromatic carbocycles. The highest BCUT2D eigenvalue weighted by Crippen LogP contribution is 2.24. The van der Waals surface area contributed by atoms with Crippen molar-refractivity contribution >= 4 is 44.5 Å². The summed E-state index contributed by atoms with van der Waals surface area (Å²) in [5, 5.41) is 0.164. The fourth-order valence-electron chi connectivity index (χ4n) is 1.65. The van der Waals surface area contributed by atoms with Crippen LogP contribution in [0.2, 0.25) is 0 Å². The minimum absolute atomic E-state index is 0.374. The van der Waals surface area contributed by atoms with E-state index >= 15 is 0 Å². The van der Waals surface area contributed by atoms with Gasteiger partial charge < -0.3 is 0 Å². The summed E-state index contributed by atoms with van der Waals surface area (Å²) >= 11 is 10.9. The quantitative estimate of drug-likeness (QED) is 0.766. The van der Waals surface area contributed by atoms with Crippen LogP contribution in [0.4, 0.5) is 0 Å². The monoisotopic (exact) mass is 252 g/mol. The van der Waals surface area contributed by atoms with E-state index in [1.54, 1.807) is 36.4 Å². The average Bonchev–Trinajstić information content (AvgIpc) is 2.27. The highest BCUT2D eigenvalue weighted by atomic mass is 35.5. The van der Waals surface area contributed by atoms with Crippen molar-refractivity contribution in [3.63, 3.8) is 0 Å². The van der Waals surface area contributed by atoms with Crippen LogP contribution in [0.3, 0.4) is 0 Å². The molecule has 16 heavy (non-hydrogen) atoms. The molecular formula is C12H6Cl2O2. The van der Waals surface area contributed by atoms with E-state index in [0.29, 0.717) is 21.9 Å². The summed E-state index contributed by atoms with van der Waals surface area (Å²) in [4.78, 5) is 22.4. The third kappa shape index (κ3) is 1.82. The van der Waals surface area contributed by atoms with Crippen molar-refractivity contribution in [2.75, 3.05) is 0 Å².